The molecule has 0 aromatic heterocycles. The van der Waals surface area contributed by atoms with Crippen LogP contribution in [-0.4, -0.2) is 17.6 Å². The van der Waals surface area contributed by atoms with Gasteiger partial charge in [0.05, 0.1) is 0 Å². The van der Waals surface area contributed by atoms with Gasteiger partial charge >= 0.3 is 5.97 Å². The van der Waals surface area contributed by atoms with E-state index in [1.165, 1.54) is 0 Å². The first-order chi connectivity index (χ1) is 5.72. The van der Waals surface area contributed by atoms with Gasteiger partial charge in [0.1, 0.15) is 5.70 Å². The Balaban J connectivity index is 3.54. The fourth-order valence-corrected chi connectivity index (χ4v) is 0.899. The van der Waals surface area contributed by atoms with Gasteiger partial charge in [-0.1, -0.05) is 25.8 Å². The van der Waals surface area contributed by atoms with Crippen molar-refractivity contribution in [3.05, 3.63) is 11.8 Å². The van der Waals surface area contributed by atoms with E-state index in [4.69, 9.17) is 5.11 Å². The van der Waals surface area contributed by atoms with Crippen LogP contribution in [0.15, 0.2) is 11.8 Å². The molecular weight excluding hydrogens is 154 g/mol. The fraction of sp³-hybridized carbons (Fsp3) is 0.667. The number of carboxylic acid groups (broad SMARTS) is 1. The number of carboxylic acids is 1. The van der Waals surface area contributed by atoms with Crippen LogP contribution in [0, 0.1) is 0 Å². The van der Waals surface area contributed by atoms with Crippen LogP contribution in [0.25, 0.3) is 0 Å². The summed E-state index contributed by atoms with van der Waals surface area (Å²) >= 11 is 0. The third-order valence-electron chi connectivity index (χ3n) is 1.61. The molecule has 0 atom stereocenters. The highest BCUT2D eigenvalue weighted by Crippen LogP contribution is 1.94. The topological polar surface area (TPSA) is 49.3 Å². The van der Waals surface area contributed by atoms with E-state index in [1.54, 1.807) is 13.0 Å². The van der Waals surface area contributed by atoms with Crippen LogP contribution < -0.4 is 5.32 Å². The fourth-order valence-electron chi connectivity index (χ4n) is 0.899. The van der Waals surface area contributed by atoms with Gasteiger partial charge in [0.2, 0.25) is 0 Å². The molecule has 0 aromatic carbocycles. The molecule has 0 amide bonds. The molecule has 0 heterocycles. The second-order valence-corrected chi connectivity index (χ2v) is 2.64. The minimum atomic E-state index is -0.881. The molecule has 0 aromatic rings. The van der Waals surface area contributed by atoms with E-state index < -0.39 is 5.97 Å². The minimum absolute atomic E-state index is 0.297. The molecule has 0 radical (unpaired) electrons. The number of allylic oxidation sites excluding steroid dienone is 1. The molecule has 3 heteroatoms. The van der Waals surface area contributed by atoms with Crippen LogP contribution >= 0.6 is 0 Å². The van der Waals surface area contributed by atoms with Gasteiger partial charge in [-0.25, -0.2) is 4.79 Å². The molecule has 0 saturated heterocycles. The summed E-state index contributed by atoms with van der Waals surface area (Å²) in [5.41, 5.74) is 0.297. The summed E-state index contributed by atoms with van der Waals surface area (Å²) in [5, 5.41) is 11.5. The van der Waals surface area contributed by atoms with Crippen LogP contribution in [-0.2, 0) is 4.79 Å². The van der Waals surface area contributed by atoms with Crippen LogP contribution in [0.3, 0.4) is 0 Å². The summed E-state index contributed by atoms with van der Waals surface area (Å²) in [4.78, 5) is 10.5. The molecule has 0 aliphatic carbocycles. The first-order valence-electron chi connectivity index (χ1n) is 4.35. The molecule has 0 unspecified atom stereocenters. The number of rotatable bonds is 6. The van der Waals surface area contributed by atoms with E-state index in [0.717, 1.165) is 25.8 Å². The predicted molar refractivity (Wildman–Crippen MR) is 48.9 cm³/mol. The van der Waals surface area contributed by atoms with Crippen LogP contribution in [0.5, 0.6) is 0 Å². The van der Waals surface area contributed by atoms with Crippen LogP contribution in [0.1, 0.15) is 33.1 Å². The van der Waals surface area contributed by atoms with E-state index in [-0.39, 0.29) is 0 Å². The molecule has 0 spiro atoms. The molecule has 0 rings (SSSR count). The van der Waals surface area contributed by atoms with E-state index in [0.29, 0.717) is 5.70 Å². The molecule has 3 nitrogen and oxygen atoms in total. The lowest BCUT2D eigenvalue weighted by molar-refractivity contribution is -0.133. The van der Waals surface area contributed by atoms with Crippen molar-refractivity contribution < 1.29 is 9.90 Å². The first kappa shape index (κ1) is 11.0. The summed E-state index contributed by atoms with van der Waals surface area (Å²) in [6, 6.07) is 0. The molecule has 70 valence electrons. The van der Waals surface area contributed by atoms with Crippen molar-refractivity contribution in [2.24, 2.45) is 0 Å². The molecule has 0 saturated carbocycles. The summed E-state index contributed by atoms with van der Waals surface area (Å²) in [6.07, 6.45) is 4.90. The predicted octanol–water partition coefficient (Wildman–Crippen LogP) is 1.75. The molecule has 0 aliphatic heterocycles. The quantitative estimate of drug-likeness (QED) is 0.473. The SMILES string of the molecule is CC=C(NCCCCC)C(=O)O. The summed E-state index contributed by atoms with van der Waals surface area (Å²) < 4.78 is 0. The van der Waals surface area contributed by atoms with Crippen molar-refractivity contribution in [3.8, 4) is 0 Å². The Hall–Kier alpha value is -0.990. The highest BCUT2D eigenvalue weighted by Gasteiger charge is 2.02. The zero-order valence-electron chi connectivity index (χ0n) is 7.76. The maximum atomic E-state index is 10.5. The Labute approximate surface area is 73.5 Å². The van der Waals surface area contributed by atoms with Crippen molar-refractivity contribution in [1.82, 2.24) is 5.32 Å². The molecule has 0 aliphatic rings. The Morgan fingerprint density at radius 1 is 1.50 bits per heavy atom. The maximum absolute atomic E-state index is 10.5. The van der Waals surface area contributed by atoms with Gasteiger partial charge in [-0.2, -0.15) is 0 Å². The average Bonchev–Trinajstić information content (AvgIpc) is 2.04. The van der Waals surface area contributed by atoms with E-state index in [9.17, 15) is 4.79 Å². The zero-order chi connectivity index (χ0) is 9.40. The van der Waals surface area contributed by atoms with Gasteiger partial charge in [0.15, 0.2) is 0 Å². The van der Waals surface area contributed by atoms with E-state index in [1.807, 2.05) is 0 Å². The number of hydrogen-bond acceptors (Lipinski definition) is 2. The minimum Gasteiger partial charge on any atom is -0.477 e. The Bertz CT molecular complexity index is 164. The highest BCUT2D eigenvalue weighted by molar-refractivity contribution is 5.85. The highest BCUT2D eigenvalue weighted by atomic mass is 16.4. The van der Waals surface area contributed by atoms with Crippen LogP contribution in [0.2, 0.25) is 0 Å². The van der Waals surface area contributed by atoms with Gasteiger partial charge in [-0.3, -0.25) is 0 Å². The van der Waals surface area contributed by atoms with Gasteiger partial charge in [-0.05, 0) is 13.3 Å². The Morgan fingerprint density at radius 2 is 2.17 bits per heavy atom. The van der Waals surface area contributed by atoms with Crippen molar-refractivity contribution in [1.29, 1.82) is 0 Å². The first-order valence-corrected chi connectivity index (χ1v) is 4.35. The number of unbranched alkanes of at least 4 members (excludes halogenated alkanes) is 2. The number of aliphatic carboxylic acids is 1. The smallest absolute Gasteiger partial charge is 0.351 e. The van der Waals surface area contributed by atoms with E-state index in [2.05, 4.69) is 12.2 Å². The molecule has 2 N–H and O–H groups in total. The average molecular weight is 171 g/mol. The summed E-state index contributed by atoms with van der Waals surface area (Å²) in [5.74, 6) is -0.881. The lowest BCUT2D eigenvalue weighted by Crippen LogP contribution is -2.20. The molecule has 0 bridgehead atoms. The van der Waals surface area contributed by atoms with Gasteiger partial charge in [0, 0.05) is 6.54 Å². The third-order valence-corrected chi connectivity index (χ3v) is 1.61. The van der Waals surface area contributed by atoms with Gasteiger partial charge in [-0.15, -0.1) is 0 Å². The van der Waals surface area contributed by atoms with Crippen molar-refractivity contribution in [2.75, 3.05) is 6.54 Å². The second kappa shape index (κ2) is 6.70. The Kier molecular flexibility index (Phi) is 6.15. The lowest BCUT2D eigenvalue weighted by atomic mass is 10.2. The van der Waals surface area contributed by atoms with Crippen molar-refractivity contribution in [2.45, 2.75) is 33.1 Å². The monoisotopic (exact) mass is 171 g/mol. The number of nitrogens with one attached hydrogen (secondary N) is 1. The van der Waals surface area contributed by atoms with Gasteiger partial charge in [0.25, 0.3) is 0 Å². The summed E-state index contributed by atoms with van der Waals surface area (Å²) in [6.45, 7) is 4.59. The molecular formula is C9H17NO2. The largest absolute Gasteiger partial charge is 0.477 e. The number of carbonyl (C=O) groups is 1. The van der Waals surface area contributed by atoms with Crippen molar-refractivity contribution >= 4 is 5.97 Å². The third kappa shape index (κ3) is 4.77. The maximum Gasteiger partial charge on any atom is 0.351 e. The van der Waals surface area contributed by atoms with Gasteiger partial charge < -0.3 is 10.4 Å². The second-order valence-electron chi connectivity index (χ2n) is 2.64. The molecule has 12 heavy (non-hydrogen) atoms. The van der Waals surface area contributed by atoms with Crippen molar-refractivity contribution in [3.63, 3.8) is 0 Å². The lowest BCUT2D eigenvalue weighted by Gasteiger charge is -2.04. The standard InChI is InChI=1S/C9H17NO2/c1-3-5-6-7-10-8(4-2)9(11)12/h4,10H,3,5-7H2,1-2H3,(H,11,12). The number of hydrogen-bond donors (Lipinski definition) is 2. The normalized spacial score (nSPS) is 11.3. The molecule has 0 fully saturated rings. The Morgan fingerprint density at radius 3 is 2.58 bits per heavy atom. The zero-order valence-corrected chi connectivity index (χ0v) is 7.76. The van der Waals surface area contributed by atoms with E-state index >= 15 is 0 Å². The summed E-state index contributed by atoms with van der Waals surface area (Å²) in [7, 11) is 0. The van der Waals surface area contributed by atoms with Crippen LogP contribution in [0.4, 0.5) is 0 Å².